The van der Waals surface area contributed by atoms with Gasteiger partial charge in [0.05, 0.1) is 13.0 Å². The van der Waals surface area contributed by atoms with Gasteiger partial charge in [-0.3, -0.25) is 9.59 Å². The number of benzene rings is 2. The summed E-state index contributed by atoms with van der Waals surface area (Å²) in [5.41, 5.74) is 4.47. The number of alkyl carbamates (subject to hydrolysis) is 1. The van der Waals surface area contributed by atoms with Crippen molar-refractivity contribution in [1.29, 1.82) is 0 Å². The fourth-order valence-corrected chi connectivity index (χ4v) is 5.03. The van der Waals surface area contributed by atoms with E-state index in [1.54, 1.807) is 4.90 Å². The minimum atomic E-state index is -0.949. The number of ether oxygens (including phenoxy) is 2. The molecule has 2 aromatic rings. The molecule has 0 spiro atoms. The molecule has 8 nitrogen and oxygen atoms in total. The van der Waals surface area contributed by atoms with Crippen LogP contribution in [0, 0.1) is 0 Å². The number of amides is 2. The first-order valence-corrected chi connectivity index (χ1v) is 11.6. The Bertz CT molecular complexity index is 1010. The van der Waals surface area contributed by atoms with E-state index in [0.29, 0.717) is 13.0 Å². The Balaban J connectivity index is 1.42. The van der Waals surface area contributed by atoms with Crippen molar-refractivity contribution < 1.29 is 29.0 Å². The number of rotatable bonds is 8. The number of methoxy groups -OCH3 is 1. The number of aliphatic carboxylic acids is 1. The molecule has 4 rings (SSSR count). The van der Waals surface area contributed by atoms with Gasteiger partial charge >= 0.3 is 12.1 Å². The van der Waals surface area contributed by atoms with E-state index in [1.165, 1.54) is 7.11 Å². The van der Waals surface area contributed by atoms with Gasteiger partial charge in [0.25, 0.3) is 0 Å². The second-order valence-corrected chi connectivity index (χ2v) is 8.76. The predicted molar refractivity (Wildman–Crippen MR) is 125 cm³/mol. The van der Waals surface area contributed by atoms with Crippen molar-refractivity contribution in [2.45, 2.75) is 43.7 Å². The van der Waals surface area contributed by atoms with Crippen LogP contribution in [0.5, 0.6) is 0 Å². The SMILES string of the molecule is COCC(NC(=O)OCC1c2ccccc2-c2ccccc21)C(=O)N1CCCC[C@@H]1CC(=O)O. The topological polar surface area (TPSA) is 105 Å². The second-order valence-electron chi connectivity index (χ2n) is 8.76. The number of carboxylic acids is 1. The molecule has 34 heavy (non-hydrogen) atoms. The summed E-state index contributed by atoms with van der Waals surface area (Å²) in [5.74, 6) is -1.38. The normalized spacial score (nSPS) is 18.0. The van der Waals surface area contributed by atoms with Crippen molar-refractivity contribution >= 4 is 18.0 Å². The van der Waals surface area contributed by atoms with Crippen molar-refractivity contribution in [3.8, 4) is 11.1 Å². The number of piperidine rings is 1. The molecular weight excluding hydrogens is 436 g/mol. The zero-order chi connectivity index (χ0) is 24.1. The Kier molecular flexibility index (Phi) is 7.47. The molecule has 2 atom stereocenters. The maximum Gasteiger partial charge on any atom is 0.407 e. The Morgan fingerprint density at radius 2 is 1.71 bits per heavy atom. The molecule has 1 heterocycles. The van der Waals surface area contributed by atoms with E-state index in [4.69, 9.17) is 9.47 Å². The molecule has 1 fully saturated rings. The van der Waals surface area contributed by atoms with Crippen LogP contribution >= 0.6 is 0 Å². The monoisotopic (exact) mass is 466 g/mol. The van der Waals surface area contributed by atoms with Gasteiger partial charge in [-0.05, 0) is 41.5 Å². The minimum absolute atomic E-state index is 0.0285. The van der Waals surface area contributed by atoms with Crippen LogP contribution in [-0.2, 0) is 19.1 Å². The van der Waals surface area contributed by atoms with Gasteiger partial charge in [0.1, 0.15) is 12.6 Å². The number of nitrogens with one attached hydrogen (secondary N) is 1. The highest BCUT2D eigenvalue weighted by Gasteiger charge is 2.34. The van der Waals surface area contributed by atoms with Gasteiger partial charge in [-0.15, -0.1) is 0 Å². The average molecular weight is 467 g/mol. The van der Waals surface area contributed by atoms with E-state index < -0.39 is 18.1 Å². The zero-order valence-electron chi connectivity index (χ0n) is 19.2. The van der Waals surface area contributed by atoms with Crippen LogP contribution in [0.2, 0.25) is 0 Å². The van der Waals surface area contributed by atoms with Gasteiger partial charge in [-0.2, -0.15) is 0 Å². The van der Waals surface area contributed by atoms with Crippen LogP contribution in [0.4, 0.5) is 4.79 Å². The highest BCUT2D eigenvalue weighted by Crippen LogP contribution is 2.44. The van der Waals surface area contributed by atoms with Crippen LogP contribution in [0.3, 0.4) is 0 Å². The fourth-order valence-electron chi connectivity index (χ4n) is 5.03. The lowest BCUT2D eigenvalue weighted by atomic mass is 9.98. The molecular formula is C26H30N2O6. The molecule has 0 bridgehead atoms. The van der Waals surface area contributed by atoms with Gasteiger partial charge in [-0.1, -0.05) is 48.5 Å². The van der Waals surface area contributed by atoms with E-state index in [1.807, 2.05) is 36.4 Å². The highest BCUT2D eigenvalue weighted by atomic mass is 16.5. The molecule has 1 unspecified atom stereocenters. The number of carboxylic acid groups (broad SMARTS) is 1. The van der Waals surface area contributed by atoms with E-state index in [9.17, 15) is 19.5 Å². The Morgan fingerprint density at radius 3 is 2.32 bits per heavy atom. The molecule has 2 aromatic carbocycles. The molecule has 2 amide bonds. The molecule has 180 valence electrons. The molecule has 8 heteroatoms. The summed E-state index contributed by atoms with van der Waals surface area (Å²) >= 11 is 0. The summed E-state index contributed by atoms with van der Waals surface area (Å²) in [6.07, 6.45) is 1.48. The number of hydrogen-bond acceptors (Lipinski definition) is 5. The minimum Gasteiger partial charge on any atom is -0.481 e. The fraction of sp³-hybridized carbons (Fsp3) is 0.423. The van der Waals surface area contributed by atoms with Gasteiger partial charge < -0.3 is 24.8 Å². The van der Waals surface area contributed by atoms with E-state index in [2.05, 4.69) is 17.4 Å². The lowest BCUT2D eigenvalue weighted by Crippen LogP contribution is -2.55. The molecule has 1 saturated heterocycles. The van der Waals surface area contributed by atoms with Crippen molar-refractivity contribution in [3.05, 3.63) is 59.7 Å². The van der Waals surface area contributed by atoms with Crippen LogP contribution in [0.1, 0.15) is 42.7 Å². The van der Waals surface area contributed by atoms with Gasteiger partial charge in [0.15, 0.2) is 0 Å². The van der Waals surface area contributed by atoms with E-state index in [0.717, 1.165) is 35.1 Å². The molecule has 0 radical (unpaired) electrons. The number of likely N-dealkylation sites (tertiary alicyclic amines) is 1. The first-order chi connectivity index (χ1) is 16.5. The van der Waals surface area contributed by atoms with Gasteiger partial charge in [-0.25, -0.2) is 4.79 Å². The van der Waals surface area contributed by atoms with E-state index in [-0.39, 0.29) is 37.5 Å². The Hall–Kier alpha value is -3.39. The first-order valence-electron chi connectivity index (χ1n) is 11.6. The molecule has 2 aliphatic rings. The van der Waals surface area contributed by atoms with Gasteiger partial charge in [0, 0.05) is 25.6 Å². The third kappa shape index (κ3) is 5.07. The third-order valence-corrected chi connectivity index (χ3v) is 6.59. The molecule has 1 aliphatic carbocycles. The van der Waals surface area contributed by atoms with E-state index >= 15 is 0 Å². The van der Waals surface area contributed by atoms with Crippen molar-refractivity contribution in [1.82, 2.24) is 10.2 Å². The standard InChI is InChI=1S/C26H30N2O6/c1-33-16-23(25(31)28-13-7-6-8-17(28)14-24(29)30)27-26(32)34-15-22-20-11-4-2-9-18(20)19-10-3-5-12-21(19)22/h2-5,9-12,17,22-23H,6-8,13-16H2,1H3,(H,27,32)(H,29,30)/t17-,23?/m1/s1. The van der Waals surface area contributed by atoms with Crippen LogP contribution in [0.15, 0.2) is 48.5 Å². The summed E-state index contributed by atoms with van der Waals surface area (Å²) in [7, 11) is 1.45. The third-order valence-electron chi connectivity index (χ3n) is 6.59. The lowest BCUT2D eigenvalue weighted by Gasteiger charge is -2.37. The Labute approximate surface area is 198 Å². The maximum atomic E-state index is 13.2. The van der Waals surface area contributed by atoms with Crippen molar-refractivity contribution in [2.75, 3.05) is 26.9 Å². The summed E-state index contributed by atoms with van der Waals surface area (Å²) in [5, 5.41) is 11.8. The Morgan fingerprint density at radius 1 is 1.06 bits per heavy atom. The number of nitrogens with zero attached hydrogens (tertiary/aromatic N) is 1. The summed E-state index contributed by atoms with van der Waals surface area (Å²) in [6.45, 7) is 0.571. The largest absolute Gasteiger partial charge is 0.481 e. The average Bonchev–Trinajstić information content (AvgIpc) is 3.16. The summed E-state index contributed by atoms with van der Waals surface area (Å²) in [4.78, 5) is 38.7. The number of hydrogen-bond donors (Lipinski definition) is 2. The quantitative estimate of drug-likeness (QED) is 0.618. The van der Waals surface area contributed by atoms with Gasteiger partial charge in [0.2, 0.25) is 5.91 Å². The van der Waals surface area contributed by atoms with Crippen LogP contribution in [-0.4, -0.2) is 66.9 Å². The number of fused-ring (bicyclic) bond motifs is 3. The van der Waals surface area contributed by atoms with Crippen LogP contribution in [0.25, 0.3) is 11.1 Å². The highest BCUT2D eigenvalue weighted by molar-refractivity contribution is 5.86. The summed E-state index contributed by atoms with van der Waals surface area (Å²) in [6, 6.07) is 14.8. The molecule has 1 aliphatic heterocycles. The smallest absolute Gasteiger partial charge is 0.407 e. The summed E-state index contributed by atoms with van der Waals surface area (Å²) < 4.78 is 10.7. The van der Waals surface area contributed by atoms with Crippen LogP contribution < -0.4 is 5.32 Å². The second kappa shape index (κ2) is 10.7. The zero-order valence-corrected chi connectivity index (χ0v) is 19.2. The molecule has 2 N–H and O–H groups in total. The molecule has 0 saturated carbocycles. The van der Waals surface area contributed by atoms with Crippen molar-refractivity contribution in [2.24, 2.45) is 0 Å². The van der Waals surface area contributed by atoms with Crippen molar-refractivity contribution in [3.63, 3.8) is 0 Å². The number of carbonyl (C=O) groups is 3. The predicted octanol–water partition coefficient (Wildman–Crippen LogP) is 3.40. The molecule has 0 aromatic heterocycles. The first kappa shape index (κ1) is 23.8. The lowest BCUT2D eigenvalue weighted by molar-refractivity contribution is -0.143. The maximum absolute atomic E-state index is 13.2. The number of carbonyl (C=O) groups excluding carboxylic acids is 2.